The van der Waals surface area contributed by atoms with E-state index in [1.54, 1.807) is 48.5 Å². The minimum Gasteiger partial charge on any atom is -0.481 e. The number of nitrogens with zero attached hydrogens (tertiary/aromatic N) is 3. The number of para-hydroxylation sites is 1. The van der Waals surface area contributed by atoms with Crippen LogP contribution in [0.4, 0.5) is 17.1 Å². The van der Waals surface area contributed by atoms with Gasteiger partial charge in [-0.1, -0.05) is 41.4 Å². The van der Waals surface area contributed by atoms with Crippen molar-refractivity contribution in [2.75, 3.05) is 12.0 Å². The third-order valence-electron chi connectivity index (χ3n) is 4.14. The number of hydrogen-bond acceptors (Lipinski definition) is 4. The number of anilines is 2. The lowest BCUT2D eigenvalue weighted by Gasteiger charge is -2.16. The van der Waals surface area contributed by atoms with Gasteiger partial charge in [-0.3, -0.25) is 9.69 Å². The first-order valence-corrected chi connectivity index (χ1v) is 8.81. The molecule has 2 heterocycles. The second-order valence-electron chi connectivity index (χ2n) is 5.78. The Hall–Kier alpha value is -2.89. The molecule has 0 bridgehead atoms. The number of fused-ring (bicyclic) bond motifs is 1. The molecule has 0 fully saturated rings. The normalized spacial score (nSPS) is 14.6. The fourth-order valence-corrected chi connectivity index (χ4v) is 3.17. The Balaban J connectivity index is 1.81. The molecule has 1 amide bonds. The number of halogens is 2. The molecule has 4 rings (SSSR count). The van der Waals surface area contributed by atoms with Gasteiger partial charge in [-0.05, 0) is 30.3 Å². The average Bonchev–Trinajstić information content (AvgIpc) is 2.97. The lowest BCUT2D eigenvalue weighted by Crippen LogP contribution is -2.25. The molecule has 3 aromatic rings. The molecule has 0 aliphatic carbocycles. The summed E-state index contributed by atoms with van der Waals surface area (Å²) >= 11 is 12.0. The van der Waals surface area contributed by atoms with Gasteiger partial charge < -0.3 is 4.74 Å². The molecule has 1 aliphatic heterocycles. The van der Waals surface area contributed by atoms with Crippen molar-refractivity contribution in [3.63, 3.8) is 0 Å². The molecule has 2 aromatic carbocycles. The Morgan fingerprint density at radius 2 is 1.85 bits per heavy atom. The zero-order valence-corrected chi connectivity index (χ0v) is 15.7. The third kappa shape index (κ3) is 3.16. The van der Waals surface area contributed by atoms with Gasteiger partial charge in [0.15, 0.2) is 0 Å². The summed E-state index contributed by atoms with van der Waals surface area (Å²) in [6.07, 6.45) is 1.59. The van der Waals surface area contributed by atoms with Crippen LogP contribution in [0, 0.1) is 0 Å². The number of carbonyl (C=O) groups excluding carboxylic acids is 1. The maximum Gasteiger partial charge on any atom is 0.282 e. The van der Waals surface area contributed by atoms with Gasteiger partial charge in [-0.15, -0.1) is 0 Å². The molecule has 5 nitrogen and oxygen atoms in total. The fraction of sp³-hybridized carbons (Fsp3) is 0.0500. The summed E-state index contributed by atoms with van der Waals surface area (Å²) in [5.74, 6) is 0.234. The average molecular weight is 398 g/mol. The summed E-state index contributed by atoms with van der Waals surface area (Å²) in [6.45, 7) is 0. The van der Waals surface area contributed by atoms with Gasteiger partial charge in [0, 0.05) is 11.6 Å². The zero-order valence-electron chi connectivity index (χ0n) is 14.2. The summed E-state index contributed by atoms with van der Waals surface area (Å²) in [6, 6.07) is 16.0. The molecule has 1 aliphatic rings. The Kier molecular flexibility index (Phi) is 4.56. The molecule has 7 heteroatoms. The van der Waals surface area contributed by atoms with E-state index in [0.717, 1.165) is 11.3 Å². The second-order valence-corrected chi connectivity index (χ2v) is 6.59. The highest BCUT2D eigenvalue weighted by Crippen LogP contribution is 2.37. The summed E-state index contributed by atoms with van der Waals surface area (Å²) < 4.78 is 5.09. The molecule has 0 N–H and O–H groups in total. The molecule has 0 saturated carbocycles. The molecule has 0 unspecified atom stereocenters. The highest BCUT2D eigenvalue weighted by atomic mass is 35.5. The third-order valence-corrected chi connectivity index (χ3v) is 4.88. The van der Waals surface area contributed by atoms with E-state index in [1.807, 2.05) is 24.3 Å². The Bertz CT molecular complexity index is 1070. The monoisotopic (exact) mass is 397 g/mol. The maximum atomic E-state index is 13.2. The Morgan fingerprint density at radius 1 is 1.04 bits per heavy atom. The quantitative estimate of drug-likeness (QED) is 0.610. The maximum absolute atomic E-state index is 13.2. The van der Waals surface area contributed by atoms with Gasteiger partial charge >= 0.3 is 0 Å². The number of aromatic nitrogens is 1. The van der Waals surface area contributed by atoms with Crippen LogP contribution in [0.15, 0.2) is 65.8 Å². The zero-order chi connectivity index (χ0) is 19.0. The van der Waals surface area contributed by atoms with E-state index in [2.05, 4.69) is 9.98 Å². The Morgan fingerprint density at radius 3 is 2.56 bits per heavy atom. The molecule has 0 saturated heterocycles. The smallest absolute Gasteiger partial charge is 0.282 e. The van der Waals surface area contributed by atoms with Crippen LogP contribution in [-0.2, 0) is 4.79 Å². The largest absolute Gasteiger partial charge is 0.481 e. The molecule has 0 radical (unpaired) electrons. The number of aliphatic imine (C=N–C) groups is 1. The molecule has 0 spiro atoms. The van der Waals surface area contributed by atoms with Crippen molar-refractivity contribution in [1.29, 1.82) is 0 Å². The van der Waals surface area contributed by atoms with Gasteiger partial charge in [-0.25, -0.2) is 9.98 Å². The van der Waals surface area contributed by atoms with E-state index in [1.165, 1.54) is 0 Å². The predicted octanol–water partition coefficient (Wildman–Crippen LogP) is 5.20. The van der Waals surface area contributed by atoms with E-state index >= 15 is 0 Å². The number of hydrogen-bond donors (Lipinski definition) is 0. The molecular formula is C20H13Cl2N3O2. The summed E-state index contributed by atoms with van der Waals surface area (Å²) in [4.78, 5) is 23.5. The summed E-state index contributed by atoms with van der Waals surface area (Å²) in [5, 5.41) is 0.818. The van der Waals surface area contributed by atoms with Crippen molar-refractivity contribution in [3.05, 3.63) is 76.4 Å². The second kappa shape index (κ2) is 7.02. The number of benzene rings is 2. The first-order chi connectivity index (χ1) is 13.1. The fourth-order valence-electron chi connectivity index (χ4n) is 2.87. The van der Waals surface area contributed by atoms with Gasteiger partial charge in [-0.2, -0.15) is 0 Å². The van der Waals surface area contributed by atoms with Crippen LogP contribution in [0.2, 0.25) is 10.0 Å². The molecule has 1 aromatic heterocycles. The van der Waals surface area contributed by atoms with Crippen molar-refractivity contribution in [2.45, 2.75) is 0 Å². The molecular weight excluding hydrogens is 385 g/mol. The first kappa shape index (κ1) is 17.5. The van der Waals surface area contributed by atoms with Gasteiger partial charge in [0.1, 0.15) is 5.71 Å². The van der Waals surface area contributed by atoms with Crippen LogP contribution in [0.5, 0.6) is 5.88 Å². The minimum atomic E-state index is -0.241. The van der Waals surface area contributed by atoms with Gasteiger partial charge in [0.2, 0.25) is 5.88 Å². The van der Waals surface area contributed by atoms with E-state index in [0.29, 0.717) is 33.0 Å². The first-order valence-electron chi connectivity index (χ1n) is 8.06. The highest BCUT2D eigenvalue weighted by Gasteiger charge is 2.35. The number of rotatable bonds is 3. The standard InChI is InChI=1S/C20H13Cl2N3O2/c1-27-18-9-7-13(11-23-18)25-17-5-3-2-4-14(17)19(20(25)26)24-12-6-8-15(21)16(22)10-12/h2-11H,1H3/b24-19-. The van der Waals surface area contributed by atoms with Crippen molar-refractivity contribution in [2.24, 2.45) is 4.99 Å². The van der Waals surface area contributed by atoms with Crippen molar-refractivity contribution in [1.82, 2.24) is 4.98 Å². The van der Waals surface area contributed by atoms with Crippen LogP contribution < -0.4 is 9.64 Å². The van der Waals surface area contributed by atoms with Gasteiger partial charge in [0.25, 0.3) is 5.91 Å². The van der Waals surface area contributed by atoms with Crippen molar-refractivity contribution >= 4 is 51.9 Å². The number of carbonyl (C=O) groups is 1. The number of pyridine rings is 1. The summed E-state index contributed by atoms with van der Waals surface area (Å²) in [7, 11) is 1.54. The number of amides is 1. The van der Waals surface area contributed by atoms with Crippen LogP contribution in [-0.4, -0.2) is 23.7 Å². The van der Waals surface area contributed by atoms with E-state index < -0.39 is 0 Å². The SMILES string of the molecule is COc1ccc(N2C(=O)/C(=N\c3ccc(Cl)c(Cl)c3)c3ccccc32)cn1. The highest BCUT2D eigenvalue weighted by molar-refractivity contribution is 6.56. The lowest BCUT2D eigenvalue weighted by atomic mass is 10.1. The lowest BCUT2D eigenvalue weighted by molar-refractivity contribution is -0.111. The van der Waals surface area contributed by atoms with Crippen molar-refractivity contribution < 1.29 is 9.53 Å². The van der Waals surface area contributed by atoms with Crippen LogP contribution >= 0.6 is 23.2 Å². The van der Waals surface area contributed by atoms with Crippen LogP contribution in [0.25, 0.3) is 0 Å². The van der Waals surface area contributed by atoms with Crippen molar-refractivity contribution in [3.8, 4) is 5.88 Å². The molecule has 27 heavy (non-hydrogen) atoms. The Labute approximate surface area is 165 Å². The molecule has 0 atom stereocenters. The summed E-state index contributed by atoms with van der Waals surface area (Å²) in [5.41, 5.74) is 3.00. The van der Waals surface area contributed by atoms with E-state index in [9.17, 15) is 4.79 Å². The number of ether oxygens (including phenoxy) is 1. The van der Waals surface area contributed by atoms with Crippen LogP contribution in [0.3, 0.4) is 0 Å². The van der Waals surface area contributed by atoms with Gasteiger partial charge in [0.05, 0.1) is 40.4 Å². The predicted molar refractivity (Wildman–Crippen MR) is 107 cm³/mol. The van der Waals surface area contributed by atoms with Crippen LogP contribution in [0.1, 0.15) is 5.56 Å². The molecule has 134 valence electrons. The minimum absolute atomic E-state index is 0.241. The van der Waals surface area contributed by atoms with E-state index in [-0.39, 0.29) is 5.91 Å². The van der Waals surface area contributed by atoms with E-state index in [4.69, 9.17) is 27.9 Å². The topological polar surface area (TPSA) is 54.8 Å². The number of methoxy groups -OCH3 is 1.